The van der Waals surface area contributed by atoms with Gasteiger partial charge in [0.1, 0.15) is 17.2 Å². The van der Waals surface area contributed by atoms with Crippen LogP contribution in [0, 0.1) is 12.7 Å². The highest BCUT2D eigenvalue weighted by molar-refractivity contribution is 5.84. The van der Waals surface area contributed by atoms with Gasteiger partial charge in [-0.2, -0.15) is 0 Å². The first-order valence-corrected chi connectivity index (χ1v) is 6.43. The van der Waals surface area contributed by atoms with Crippen molar-refractivity contribution >= 4 is 6.29 Å². The average Bonchev–Trinajstić information content (AvgIpc) is 2.92. The number of halogens is 1. The van der Waals surface area contributed by atoms with Crippen molar-refractivity contribution in [3.8, 4) is 16.9 Å². The number of nitrogens with zero attached hydrogens (tertiary/aromatic N) is 3. The minimum absolute atomic E-state index is 0.183. The van der Waals surface area contributed by atoms with Crippen LogP contribution in [0.5, 0.6) is 0 Å². The van der Waals surface area contributed by atoms with Gasteiger partial charge in [-0.15, -0.1) is 5.10 Å². The fraction of sp³-hybridized carbons (Fsp3) is 0.0625. The van der Waals surface area contributed by atoms with E-state index in [0.29, 0.717) is 12.0 Å². The molecule has 4 nitrogen and oxygen atoms in total. The average molecular weight is 281 g/mol. The summed E-state index contributed by atoms with van der Waals surface area (Å²) in [5.41, 5.74) is 2.78. The minimum Gasteiger partial charge on any atom is -0.296 e. The predicted molar refractivity (Wildman–Crippen MR) is 76.9 cm³/mol. The van der Waals surface area contributed by atoms with E-state index in [0.717, 1.165) is 11.1 Å². The number of para-hydroxylation sites is 1. The van der Waals surface area contributed by atoms with E-state index in [9.17, 15) is 9.18 Å². The third kappa shape index (κ3) is 2.33. The smallest absolute Gasteiger partial charge is 0.172 e. The summed E-state index contributed by atoms with van der Waals surface area (Å²) in [4.78, 5) is 11.2. The number of carbonyl (C=O) groups is 1. The first-order chi connectivity index (χ1) is 10.2. The number of aldehydes is 1. The van der Waals surface area contributed by atoms with Crippen LogP contribution >= 0.6 is 0 Å². The topological polar surface area (TPSA) is 47.8 Å². The van der Waals surface area contributed by atoms with Crippen molar-refractivity contribution in [2.45, 2.75) is 6.92 Å². The molecule has 104 valence electrons. The molecule has 2 aromatic carbocycles. The lowest BCUT2D eigenvalue weighted by molar-refractivity contribution is 0.111. The third-order valence-electron chi connectivity index (χ3n) is 3.21. The molecule has 1 aromatic heterocycles. The van der Waals surface area contributed by atoms with Crippen molar-refractivity contribution in [3.63, 3.8) is 0 Å². The number of aromatic nitrogens is 3. The predicted octanol–water partition coefficient (Wildman–Crippen LogP) is 3.19. The number of hydrogen-bond donors (Lipinski definition) is 0. The Morgan fingerprint density at radius 2 is 1.81 bits per heavy atom. The zero-order valence-electron chi connectivity index (χ0n) is 11.3. The second-order valence-corrected chi connectivity index (χ2v) is 4.67. The maximum Gasteiger partial charge on any atom is 0.172 e. The molecule has 21 heavy (non-hydrogen) atoms. The molecule has 5 heteroatoms. The van der Waals surface area contributed by atoms with Crippen LogP contribution in [0.3, 0.4) is 0 Å². The van der Waals surface area contributed by atoms with Gasteiger partial charge >= 0.3 is 0 Å². The summed E-state index contributed by atoms with van der Waals surface area (Å²) in [5.74, 6) is -0.423. The molecule has 0 spiro atoms. The van der Waals surface area contributed by atoms with E-state index in [1.165, 1.54) is 10.7 Å². The van der Waals surface area contributed by atoms with Crippen molar-refractivity contribution in [2.75, 3.05) is 0 Å². The summed E-state index contributed by atoms with van der Waals surface area (Å²) in [7, 11) is 0. The van der Waals surface area contributed by atoms with Crippen LogP contribution in [0.2, 0.25) is 0 Å². The molecule has 1 heterocycles. The van der Waals surface area contributed by atoms with Crippen molar-refractivity contribution in [1.82, 2.24) is 15.0 Å². The standard InChI is InChI=1S/C16H12FN3O/c1-11-6-8-12(9-7-11)16-14(10-21)18-19-20(16)15-5-3-2-4-13(15)17/h2-10H,1H3. The Morgan fingerprint density at radius 3 is 2.48 bits per heavy atom. The lowest BCUT2D eigenvalue weighted by atomic mass is 10.1. The number of aryl methyl sites for hydroxylation is 1. The SMILES string of the molecule is Cc1ccc(-c2c(C=O)nnn2-c2ccccc2F)cc1. The quantitative estimate of drug-likeness (QED) is 0.693. The molecule has 0 unspecified atom stereocenters. The minimum atomic E-state index is -0.423. The number of hydrogen-bond acceptors (Lipinski definition) is 3. The normalized spacial score (nSPS) is 10.6. The summed E-state index contributed by atoms with van der Waals surface area (Å²) >= 11 is 0. The Balaban J connectivity index is 2.24. The van der Waals surface area contributed by atoms with Gasteiger partial charge in [-0.1, -0.05) is 47.2 Å². The molecule has 0 amide bonds. The van der Waals surface area contributed by atoms with Crippen LogP contribution in [0.15, 0.2) is 48.5 Å². The van der Waals surface area contributed by atoms with E-state index in [-0.39, 0.29) is 11.4 Å². The Morgan fingerprint density at radius 1 is 1.10 bits per heavy atom. The highest BCUT2D eigenvalue weighted by Gasteiger charge is 2.17. The van der Waals surface area contributed by atoms with Gasteiger partial charge in [0.25, 0.3) is 0 Å². The molecule has 0 radical (unpaired) electrons. The number of benzene rings is 2. The van der Waals surface area contributed by atoms with Crippen molar-refractivity contribution < 1.29 is 9.18 Å². The fourth-order valence-electron chi connectivity index (χ4n) is 2.15. The van der Waals surface area contributed by atoms with Gasteiger partial charge < -0.3 is 0 Å². The van der Waals surface area contributed by atoms with E-state index >= 15 is 0 Å². The zero-order valence-corrected chi connectivity index (χ0v) is 11.3. The molecular formula is C16H12FN3O. The molecule has 0 saturated heterocycles. The molecule has 0 fully saturated rings. The van der Waals surface area contributed by atoms with Gasteiger partial charge in [0.2, 0.25) is 0 Å². The van der Waals surface area contributed by atoms with Crippen molar-refractivity contribution in [3.05, 3.63) is 65.6 Å². The van der Waals surface area contributed by atoms with E-state index in [1.807, 2.05) is 31.2 Å². The Labute approximate surface area is 120 Å². The molecule has 0 atom stereocenters. The van der Waals surface area contributed by atoms with E-state index in [4.69, 9.17) is 0 Å². The molecule has 0 aliphatic rings. The van der Waals surface area contributed by atoms with Crippen LogP contribution in [0.1, 0.15) is 16.1 Å². The third-order valence-corrected chi connectivity index (χ3v) is 3.21. The Bertz CT molecular complexity index is 794. The number of carbonyl (C=O) groups excluding carboxylic acids is 1. The highest BCUT2D eigenvalue weighted by Crippen LogP contribution is 2.25. The fourth-order valence-corrected chi connectivity index (χ4v) is 2.15. The van der Waals surface area contributed by atoms with E-state index in [1.54, 1.807) is 18.2 Å². The lowest BCUT2D eigenvalue weighted by Crippen LogP contribution is -2.02. The lowest BCUT2D eigenvalue weighted by Gasteiger charge is -2.08. The number of rotatable bonds is 3. The molecular weight excluding hydrogens is 269 g/mol. The molecule has 3 rings (SSSR count). The summed E-state index contributed by atoms with van der Waals surface area (Å²) in [6, 6.07) is 13.8. The monoisotopic (exact) mass is 281 g/mol. The van der Waals surface area contributed by atoms with E-state index in [2.05, 4.69) is 10.3 Å². The molecule has 3 aromatic rings. The molecule has 0 aliphatic carbocycles. The van der Waals surface area contributed by atoms with E-state index < -0.39 is 5.82 Å². The second kappa shape index (κ2) is 5.28. The van der Waals surface area contributed by atoms with Gasteiger partial charge in [0, 0.05) is 5.56 Å². The summed E-state index contributed by atoms with van der Waals surface area (Å²) in [6.45, 7) is 1.97. The Hall–Kier alpha value is -2.82. The zero-order chi connectivity index (χ0) is 14.8. The largest absolute Gasteiger partial charge is 0.296 e. The van der Waals surface area contributed by atoms with Gasteiger partial charge in [-0.3, -0.25) is 4.79 Å². The van der Waals surface area contributed by atoms with Crippen molar-refractivity contribution in [1.29, 1.82) is 0 Å². The van der Waals surface area contributed by atoms with Gasteiger partial charge in [0.05, 0.1) is 0 Å². The van der Waals surface area contributed by atoms with Gasteiger partial charge in [0.15, 0.2) is 12.0 Å². The van der Waals surface area contributed by atoms with Crippen LogP contribution in [-0.4, -0.2) is 21.3 Å². The first kappa shape index (κ1) is 13.2. The van der Waals surface area contributed by atoms with Crippen LogP contribution < -0.4 is 0 Å². The van der Waals surface area contributed by atoms with Gasteiger partial charge in [-0.05, 0) is 19.1 Å². The molecule has 0 aliphatic heterocycles. The first-order valence-electron chi connectivity index (χ1n) is 6.43. The van der Waals surface area contributed by atoms with Crippen molar-refractivity contribution in [2.24, 2.45) is 0 Å². The summed E-state index contributed by atoms with van der Waals surface area (Å²) < 4.78 is 15.3. The van der Waals surface area contributed by atoms with Gasteiger partial charge in [-0.25, -0.2) is 9.07 Å². The van der Waals surface area contributed by atoms with Crippen LogP contribution in [0.4, 0.5) is 4.39 Å². The maximum atomic E-state index is 14.0. The molecule has 0 N–H and O–H groups in total. The van der Waals surface area contributed by atoms with Crippen LogP contribution in [-0.2, 0) is 0 Å². The maximum absolute atomic E-state index is 14.0. The summed E-state index contributed by atoms with van der Waals surface area (Å²) in [5, 5.41) is 7.74. The molecule has 0 bridgehead atoms. The second-order valence-electron chi connectivity index (χ2n) is 4.67. The summed E-state index contributed by atoms with van der Waals surface area (Å²) in [6.07, 6.45) is 0.625. The molecule has 0 saturated carbocycles. The highest BCUT2D eigenvalue weighted by atomic mass is 19.1. The Kier molecular flexibility index (Phi) is 3.31. The van der Waals surface area contributed by atoms with Crippen LogP contribution in [0.25, 0.3) is 16.9 Å².